The molecule has 4 aliphatic heterocycles. The molecule has 14 heteroatoms. The fourth-order valence-corrected chi connectivity index (χ4v) is 7.38. The normalized spacial score (nSPS) is 26.6. The molecule has 12 nitrogen and oxygen atoms in total. The number of unbranched alkanes of at least 4 members (excludes halogenated alkanes) is 2. The van der Waals surface area contributed by atoms with E-state index in [-0.39, 0.29) is 36.1 Å². The Labute approximate surface area is 221 Å². The third kappa shape index (κ3) is 5.08. The molecule has 4 aliphatic rings. The quantitative estimate of drug-likeness (QED) is 0.220. The van der Waals surface area contributed by atoms with Crippen LogP contribution in [0.2, 0.25) is 0 Å². The number of aliphatic carboxylic acids is 2. The first-order valence-electron chi connectivity index (χ1n) is 11.9. The molecule has 0 unspecified atom stereocenters. The molecule has 0 aromatic carbocycles. The number of amides is 4. The molecular formula is C23H28N4O8S2. The minimum Gasteiger partial charge on any atom is -0.477 e. The number of carbonyl (C=O) groups excluding carboxylic acids is 4. The highest BCUT2D eigenvalue weighted by Gasteiger charge is 2.54. The summed E-state index contributed by atoms with van der Waals surface area (Å²) < 4.78 is 0. The first kappa shape index (κ1) is 27.0. The summed E-state index contributed by atoms with van der Waals surface area (Å²) in [6.07, 6.45) is 1.93. The first-order valence-corrected chi connectivity index (χ1v) is 14.0. The molecule has 4 atom stereocenters. The number of nitrogens with zero attached hydrogens (tertiary/aromatic N) is 2. The van der Waals surface area contributed by atoms with E-state index in [0.29, 0.717) is 41.9 Å². The van der Waals surface area contributed by atoms with E-state index in [1.165, 1.54) is 33.3 Å². The summed E-state index contributed by atoms with van der Waals surface area (Å²) in [7, 11) is 0. The van der Waals surface area contributed by atoms with Crippen LogP contribution in [-0.2, 0) is 28.8 Å². The number of carboxylic acids is 2. The number of hydrogen-bond donors (Lipinski definition) is 4. The number of thioether (sulfide) groups is 2. The van der Waals surface area contributed by atoms with Crippen molar-refractivity contribution in [3.8, 4) is 0 Å². The lowest BCUT2D eigenvalue weighted by Gasteiger charge is -2.49. The van der Waals surface area contributed by atoms with Crippen molar-refractivity contribution in [2.24, 2.45) is 0 Å². The molecule has 0 aromatic heterocycles. The van der Waals surface area contributed by atoms with Gasteiger partial charge in [-0.15, -0.1) is 23.5 Å². The van der Waals surface area contributed by atoms with Crippen LogP contribution in [0, 0.1) is 0 Å². The molecule has 200 valence electrons. The molecule has 2 saturated heterocycles. The fourth-order valence-electron chi connectivity index (χ4n) is 4.79. The molecule has 0 aromatic rings. The van der Waals surface area contributed by atoms with Gasteiger partial charge in [-0.2, -0.15) is 0 Å². The van der Waals surface area contributed by atoms with Gasteiger partial charge >= 0.3 is 11.9 Å². The number of hydrogen-bond acceptors (Lipinski definition) is 8. The van der Waals surface area contributed by atoms with Gasteiger partial charge in [0.05, 0.1) is 0 Å². The summed E-state index contributed by atoms with van der Waals surface area (Å²) in [4.78, 5) is 74.9. The molecule has 4 heterocycles. The number of β-lactam (4-membered cyclic amide) rings is 2. The van der Waals surface area contributed by atoms with Crippen molar-refractivity contribution in [2.45, 2.75) is 68.8 Å². The van der Waals surface area contributed by atoms with Gasteiger partial charge in [0.25, 0.3) is 11.8 Å². The fraction of sp³-hybridized carbons (Fsp3) is 0.565. The summed E-state index contributed by atoms with van der Waals surface area (Å²) >= 11 is 2.83. The highest BCUT2D eigenvalue weighted by molar-refractivity contribution is 8.00. The van der Waals surface area contributed by atoms with Crippen molar-refractivity contribution in [3.05, 3.63) is 22.5 Å². The highest BCUT2D eigenvalue weighted by Crippen LogP contribution is 2.41. The minimum atomic E-state index is -1.15. The van der Waals surface area contributed by atoms with Crippen LogP contribution >= 0.6 is 23.5 Å². The second kappa shape index (κ2) is 10.8. The predicted octanol–water partition coefficient (Wildman–Crippen LogP) is 0.454. The molecule has 4 rings (SSSR count). The Balaban J connectivity index is 1.14. The lowest BCUT2D eigenvalue weighted by Crippen LogP contribution is -2.70. The average Bonchev–Trinajstić information content (AvgIpc) is 2.84. The highest BCUT2D eigenvalue weighted by atomic mass is 32.2. The maximum atomic E-state index is 12.4. The van der Waals surface area contributed by atoms with Crippen LogP contribution in [0.25, 0.3) is 0 Å². The van der Waals surface area contributed by atoms with Crippen molar-refractivity contribution in [2.75, 3.05) is 11.5 Å². The monoisotopic (exact) mass is 552 g/mol. The van der Waals surface area contributed by atoms with E-state index in [0.717, 1.165) is 0 Å². The summed E-state index contributed by atoms with van der Waals surface area (Å²) in [5, 5.41) is 23.3. The van der Waals surface area contributed by atoms with Gasteiger partial charge in [0, 0.05) is 24.3 Å². The molecule has 4 N–H and O–H groups in total. The Bertz CT molecular complexity index is 1050. The molecule has 0 spiro atoms. The Morgan fingerprint density at radius 3 is 1.49 bits per heavy atom. The smallest absolute Gasteiger partial charge is 0.352 e. The third-order valence-corrected chi connectivity index (χ3v) is 9.51. The largest absolute Gasteiger partial charge is 0.477 e. The SMILES string of the molecule is CC1=C(C(=O)O)N2C(=O)[C@@H](NC(=O)CCCCCC(=O)N[C@@H]3C(=O)N4C(C(=O)O)=C(C)CS[C@H]34)[C@H]2SC1. The molecule has 37 heavy (non-hydrogen) atoms. The van der Waals surface area contributed by atoms with Crippen LogP contribution in [0.5, 0.6) is 0 Å². The van der Waals surface area contributed by atoms with Crippen LogP contribution < -0.4 is 10.6 Å². The van der Waals surface area contributed by atoms with Gasteiger partial charge in [0.15, 0.2) is 0 Å². The molecule has 0 bridgehead atoms. The molecule has 0 saturated carbocycles. The van der Waals surface area contributed by atoms with Crippen molar-refractivity contribution >= 4 is 59.1 Å². The Morgan fingerprint density at radius 2 is 1.14 bits per heavy atom. The van der Waals surface area contributed by atoms with Gasteiger partial charge in [0.1, 0.15) is 34.2 Å². The summed E-state index contributed by atoms with van der Waals surface area (Å²) in [6.45, 7) is 3.35. The van der Waals surface area contributed by atoms with E-state index in [9.17, 15) is 39.0 Å². The number of fused-ring (bicyclic) bond motifs is 2. The van der Waals surface area contributed by atoms with Crippen molar-refractivity contribution in [1.82, 2.24) is 20.4 Å². The van der Waals surface area contributed by atoms with Crippen LogP contribution in [0.4, 0.5) is 0 Å². The zero-order valence-corrected chi connectivity index (χ0v) is 21.9. The molecular weight excluding hydrogens is 524 g/mol. The van der Waals surface area contributed by atoms with Gasteiger partial charge in [-0.05, 0) is 37.8 Å². The van der Waals surface area contributed by atoms with E-state index in [2.05, 4.69) is 10.6 Å². The zero-order valence-electron chi connectivity index (χ0n) is 20.3. The lowest BCUT2D eigenvalue weighted by atomic mass is 10.0. The van der Waals surface area contributed by atoms with Crippen molar-refractivity contribution in [1.29, 1.82) is 0 Å². The maximum absolute atomic E-state index is 12.4. The van der Waals surface area contributed by atoms with Gasteiger partial charge < -0.3 is 20.8 Å². The van der Waals surface area contributed by atoms with E-state index < -0.39 is 46.6 Å². The number of carboxylic acid groups (broad SMARTS) is 2. The summed E-state index contributed by atoms with van der Waals surface area (Å²) in [5.74, 6) is -2.83. The molecule has 0 aliphatic carbocycles. The van der Waals surface area contributed by atoms with Crippen LogP contribution in [0.15, 0.2) is 22.5 Å². The first-order chi connectivity index (χ1) is 17.5. The number of carbonyl (C=O) groups is 6. The second-order valence-electron chi connectivity index (χ2n) is 9.34. The Hall–Kier alpha value is -3.00. The summed E-state index contributed by atoms with van der Waals surface area (Å²) in [5.41, 5.74) is 1.21. The maximum Gasteiger partial charge on any atom is 0.352 e. The van der Waals surface area contributed by atoms with E-state index >= 15 is 0 Å². The summed E-state index contributed by atoms with van der Waals surface area (Å²) in [6, 6.07) is -1.49. The van der Waals surface area contributed by atoms with E-state index in [1.54, 1.807) is 13.8 Å². The predicted molar refractivity (Wildman–Crippen MR) is 134 cm³/mol. The standard InChI is InChI=1S/C23H28N4O8S2/c1-10-8-36-20-14(18(30)26(20)16(10)22(32)33)24-12(28)6-4-3-5-7-13(29)25-15-19(31)27-17(23(34)35)11(2)9-37-21(15)27/h14-15,20-21H,3-9H2,1-2H3,(H,24,28)(H,25,29)(H,32,33)(H,34,35)/t14-,15-,20-,21-/m1/s1. The minimum absolute atomic E-state index is 0.00943. The van der Waals surface area contributed by atoms with Crippen LogP contribution in [0.1, 0.15) is 46.0 Å². The van der Waals surface area contributed by atoms with E-state index in [1.807, 2.05) is 0 Å². The average molecular weight is 553 g/mol. The molecule has 2 fully saturated rings. The number of rotatable bonds is 10. The van der Waals surface area contributed by atoms with Crippen LogP contribution in [0.3, 0.4) is 0 Å². The van der Waals surface area contributed by atoms with Gasteiger partial charge in [0.2, 0.25) is 11.8 Å². The second-order valence-corrected chi connectivity index (χ2v) is 11.5. The van der Waals surface area contributed by atoms with E-state index in [4.69, 9.17) is 0 Å². The van der Waals surface area contributed by atoms with Gasteiger partial charge in [-0.1, -0.05) is 6.42 Å². The lowest BCUT2D eigenvalue weighted by molar-refractivity contribution is -0.150. The van der Waals surface area contributed by atoms with Crippen LogP contribution in [-0.4, -0.2) is 89.9 Å². The third-order valence-electron chi connectivity index (χ3n) is 6.66. The zero-order chi connectivity index (χ0) is 27.0. The molecule has 4 amide bonds. The Kier molecular flexibility index (Phi) is 7.88. The topological polar surface area (TPSA) is 173 Å². The number of nitrogens with one attached hydrogen (secondary N) is 2. The molecule has 0 radical (unpaired) electrons. The Morgan fingerprint density at radius 1 is 0.757 bits per heavy atom. The van der Waals surface area contributed by atoms with Gasteiger partial charge in [-0.25, -0.2) is 9.59 Å². The van der Waals surface area contributed by atoms with Gasteiger partial charge in [-0.3, -0.25) is 29.0 Å². The van der Waals surface area contributed by atoms with Crippen molar-refractivity contribution < 1.29 is 39.0 Å². The van der Waals surface area contributed by atoms with Crippen molar-refractivity contribution in [3.63, 3.8) is 0 Å².